The molecule has 21 heavy (non-hydrogen) atoms. The minimum absolute atomic E-state index is 0.00413. The van der Waals surface area contributed by atoms with E-state index in [0.29, 0.717) is 13.2 Å². The standard InChI is InChI=1S/C16H22O5/c1-18-13-9-19-16-14(10-20-15(13)16)21-12-6-4-11(5-7-12)3-2-8-17/h4-7,13-17H,2-3,8-10H2,1H3/t13-,14-,15-,16-/m1/s1. The van der Waals surface area contributed by atoms with E-state index in [9.17, 15) is 0 Å². The Labute approximate surface area is 124 Å². The molecule has 4 atom stereocenters. The molecule has 2 fully saturated rings. The number of aryl methyl sites for hydroxylation is 1. The number of rotatable bonds is 6. The van der Waals surface area contributed by atoms with Gasteiger partial charge in [-0.1, -0.05) is 12.1 Å². The van der Waals surface area contributed by atoms with Gasteiger partial charge < -0.3 is 24.1 Å². The zero-order valence-electron chi connectivity index (χ0n) is 12.2. The molecule has 0 radical (unpaired) electrons. The van der Waals surface area contributed by atoms with Crippen molar-refractivity contribution in [1.82, 2.24) is 0 Å². The summed E-state index contributed by atoms with van der Waals surface area (Å²) in [5.41, 5.74) is 1.20. The van der Waals surface area contributed by atoms with E-state index < -0.39 is 0 Å². The smallest absolute Gasteiger partial charge is 0.151 e. The lowest BCUT2D eigenvalue weighted by Crippen LogP contribution is -2.35. The Balaban J connectivity index is 1.57. The quantitative estimate of drug-likeness (QED) is 0.853. The second-order valence-electron chi connectivity index (χ2n) is 5.50. The van der Waals surface area contributed by atoms with Crippen LogP contribution in [0.3, 0.4) is 0 Å². The molecular formula is C16H22O5. The number of fused-ring (bicyclic) bond motifs is 1. The average Bonchev–Trinajstić information content (AvgIpc) is 3.09. The van der Waals surface area contributed by atoms with Crippen LogP contribution in [0.25, 0.3) is 0 Å². The van der Waals surface area contributed by atoms with Gasteiger partial charge in [0.1, 0.15) is 24.1 Å². The third-order valence-corrected chi connectivity index (χ3v) is 4.10. The Morgan fingerprint density at radius 1 is 1.10 bits per heavy atom. The van der Waals surface area contributed by atoms with Gasteiger partial charge in [-0.2, -0.15) is 0 Å². The van der Waals surface area contributed by atoms with Crippen LogP contribution < -0.4 is 4.74 Å². The van der Waals surface area contributed by atoms with Gasteiger partial charge in [-0.3, -0.25) is 0 Å². The molecular weight excluding hydrogens is 272 g/mol. The summed E-state index contributed by atoms with van der Waals surface area (Å²) in [6.45, 7) is 1.31. The van der Waals surface area contributed by atoms with Crippen molar-refractivity contribution in [2.75, 3.05) is 26.9 Å². The summed E-state index contributed by atoms with van der Waals surface area (Å²) in [6.07, 6.45) is 1.51. The van der Waals surface area contributed by atoms with Gasteiger partial charge in [0.2, 0.25) is 0 Å². The molecule has 0 aromatic heterocycles. The van der Waals surface area contributed by atoms with E-state index in [2.05, 4.69) is 0 Å². The molecule has 5 heteroatoms. The average molecular weight is 294 g/mol. The maximum atomic E-state index is 8.84. The van der Waals surface area contributed by atoms with Crippen LogP contribution in [0.5, 0.6) is 5.75 Å². The minimum Gasteiger partial charge on any atom is -0.485 e. The summed E-state index contributed by atoms with van der Waals surface area (Å²) in [5, 5.41) is 8.84. The molecule has 5 nitrogen and oxygen atoms in total. The lowest BCUT2D eigenvalue weighted by Gasteiger charge is -2.18. The number of benzene rings is 1. The molecule has 2 aliphatic rings. The molecule has 0 saturated carbocycles. The maximum absolute atomic E-state index is 8.84. The fourth-order valence-electron chi connectivity index (χ4n) is 2.92. The van der Waals surface area contributed by atoms with Crippen molar-refractivity contribution >= 4 is 0 Å². The zero-order chi connectivity index (χ0) is 14.7. The molecule has 2 saturated heterocycles. The molecule has 116 valence electrons. The van der Waals surface area contributed by atoms with Crippen molar-refractivity contribution < 1.29 is 24.1 Å². The van der Waals surface area contributed by atoms with Crippen molar-refractivity contribution in [1.29, 1.82) is 0 Å². The van der Waals surface area contributed by atoms with Crippen LogP contribution >= 0.6 is 0 Å². The van der Waals surface area contributed by atoms with E-state index in [0.717, 1.165) is 18.6 Å². The van der Waals surface area contributed by atoms with Crippen molar-refractivity contribution in [3.8, 4) is 5.75 Å². The molecule has 3 rings (SSSR count). The molecule has 0 bridgehead atoms. The second-order valence-corrected chi connectivity index (χ2v) is 5.50. The van der Waals surface area contributed by atoms with E-state index >= 15 is 0 Å². The van der Waals surface area contributed by atoms with E-state index in [1.165, 1.54) is 5.56 Å². The second kappa shape index (κ2) is 6.75. The van der Waals surface area contributed by atoms with Crippen LogP contribution in [0.4, 0.5) is 0 Å². The van der Waals surface area contributed by atoms with E-state index in [-0.39, 0.29) is 31.0 Å². The normalized spacial score (nSPS) is 31.3. The van der Waals surface area contributed by atoms with Crippen molar-refractivity contribution in [3.63, 3.8) is 0 Å². The van der Waals surface area contributed by atoms with Gasteiger partial charge >= 0.3 is 0 Å². The number of aliphatic hydroxyl groups is 1. The van der Waals surface area contributed by atoms with Gasteiger partial charge in [0, 0.05) is 13.7 Å². The Kier molecular flexibility index (Phi) is 4.75. The van der Waals surface area contributed by atoms with Crippen molar-refractivity contribution in [3.05, 3.63) is 29.8 Å². The van der Waals surface area contributed by atoms with Crippen LogP contribution in [0, 0.1) is 0 Å². The first-order valence-corrected chi connectivity index (χ1v) is 7.44. The summed E-state index contributed by atoms with van der Waals surface area (Å²) in [7, 11) is 1.68. The fraction of sp³-hybridized carbons (Fsp3) is 0.625. The molecule has 2 heterocycles. The van der Waals surface area contributed by atoms with E-state index in [4.69, 9.17) is 24.1 Å². The summed E-state index contributed by atoms with van der Waals surface area (Å²) < 4.78 is 22.8. The van der Waals surface area contributed by atoms with Crippen LogP contribution in [-0.4, -0.2) is 56.5 Å². The predicted molar refractivity (Wildman–Crippen MR) is 76.5 cm³/mol. The topological polar surface area (TPSA) is 57.2 Å². The van der Waals surface area contributed by atoms with Gasteiger partial charge in [0.05, 0.1) is 13.2 Å². The third kappa shape index (κ3) is 3.21. The molecule has 1 N–H and O–H groups in total. The SMILES string of the molecule is CO[C@@H]1CO[C@H]2[C@@H]1OC[C@H]2Oc1ccc(CCCO)cc1. The molecule has 0 amide bonds. The van der Waals surface area contributed by atoms with Crippen molar-refractivity contribution in [2.45, 2.75) is 37.3 Å². The lowest BCUT2D eigenvalue weighted by atomic mass is 10.1. The highest BCUT2D eigenvalue weighted by atomic mass is 16.6. The highest BCUT2D eigenvalue weighted by Crippen LogP contribution is 2.31. The van der Waals surface area contributed by atoms with Gasteiger partial charge in [0.25, 0.3) is 0 Å². The number of ether oxygens (including phenoxy) is 4. The number of hydrogen-bond donors (Lipinski definition) is 1. The van der Waals surface area contributed by atoms with Crippen LogP contribution in [0.1, 0.15) is 12.0 Å². The Morgan fingerprint density at radius 2 is 1.76 bits per heavy atom. The van der Waals surface area contributed by atoms with Gasteiger partial charge in [0.15, 0.2) is 6.10 Å². The molecule has 0 aliphatic carbocycles. The first-order valence-electron chi connectivity index (χ1n) is 7.44. The summed E-state index contributed by atoms with van der Waals surface area (Å²) in [6, 6.07) is 7.99. The molecule has 1 aromatic rings. The van der Waals surface area contributed by atoms with Crippen molar-refractivity contribution in [2.24, 2.45) is 0 Å². The first-order chi connectivity index (χ1) is 10.3. The number of aliphatic hydroxyl groups excluding tert-OH is 1. The third-order valence-electron chi connectivity index (χ3n) is 4.10. The highest BCUT2D eigenvalue weighted by Gasteiger charge is 2.49. The zero-order valence-corrected chi connectivity index (χ0v) is 12.2. The summed E-state index contributed by atoms with van der Waals surface area (Å²) >= 11 is 0. The fourth-order valence-corrected chi connectivity index (χ4v) is 2.92. The molecule has 0 unspecified atom stereocenters. The van der Waals surface area contributed by atoms with Gasteiger partial charge in [-0.15, -0.1) is 0 Å². The Hall–Kier alpha value is -1.14. The Morgan fingerprint density at radius 3 is 2.43 bits per heavy atom. The summed E-state index contributed by atoms with van der Waals surface area (Å²) in [5.74, 6) is 0.821. The lowest BCUT2D eigenvalue weighted by molar-refractivity contribution is -0.0138. The predicted octanol–water partition coefficient (Wildman–Crippen LogP) is 1.17. The van der Waals surface area contributed by atoms with Gasteiger partial charge in [-0.25, -0.2) is 0 Å². The van der Waals surface area contributed by atoms with Crippen LogP contribution in [0.15, 0.2) is 24.3 Å². The van der Waals surface area contributed by atoms with E-state index in [1.54, 1.807) is 7.11 Å². The monoisotopic (exact) mass is 294 g/mol. The first kappa shape index (κ1) is 14.8. The van der Waals surface area contributed by atoms with E-state index in [1.807, 2.05) is 24.3 Å². The number of methoxy groups -OCH3 is 1. The van der Waals surface area contributed by atoms with Crippen LogP contribution in [0.2, 0.25) is 0 Å². The highest BCUT2D eigenvalue weighted by molar-refractivity contribution is 5.28. The molecule has 0 spiro atoms. The van der Waals surface area contributed by atoms with Crippen LogP contribution in [-0.2, 0) is 20.6 Å². The maximum Gasteiger partial charge on any atom is 0.151 e. The summed E-state index contributed by atoms with van der Waals surface area (Å²) in [4.78, 5) is 0. The molecule has 2 aliphatic heterocycles. The largest absolute Gasteiger partial charge is 0.485 e. The Bertz CT molecular complexity index is 446. The van der Waals surface area contributed by atoms with Gasteiger partial charge in [-0.05, 0) is 30.5 Å². The minimum atomic E-state index is -0.0848. The number of hydrogen-bond acceptors (Lipinski definition) is 5. The molecule has 1 aromatic carbocycles.